The van der Waals surface area contributed by atoms with Gasteiger partial charge in [-0.2, -0.15) is 0 Å². The first-order valence-electron chi connectivity index (χ1n) is 14.2. The summed E-state index contributed by atoms with van der Waals surface area (Å²) in [5, 5.41) is 17.5. The summed E-state index contributed by atoms with van der Waals surface area (Å²) in [6, 6.07) is 4.43. The number of ether oxygens (including phenoxy) is 2. The Morgan fingerprint density at radius 2 is 1.88 bits per heavy atom. The molecule has 40 heavy (non-hydrogen) atoms. The number of carbonyl (C=O) groups excluding carboxylic acids is 1. The van der Waals surface area contributed by atoms with Crippen molar-refractivity contribution in [2.24, 2.45) is 5.41 Å². The molecule has 0 saturated heterocycles. The lowest BCUT2D eigenvalue weighted by Crippen LogP contribution is -2.52. The van der Waals surface area contributed by atoms with Crippen LogP contribution in [-0.4, -0.2) is 46.4 Å². The van der Waals surface area contributed by atoms with E-state index in [1.165, 1.54) is 19.1 Å². The van der Waals surface area contributed by atoms with E-state index in [1.807, 2.05) is 13.8 Å². The minimum absolute atomic E-state index is 0.0160. The predicted molar refractivity (Wildman–Crippen MR) is 149 cm³/mol. The topological polar surface area (TPSA) is 92.7 Å². The number of hydrogen-bond acceptors (Lipinski definition) is 6. The van der Waals surface area contributed by atoms with Gasteiger partial charge in [-0.05, 0) is 75.1 Å². The number of amides is 1. The van der Waals surface area contributed by atoms with Gasteiger partial charge in [0, 0.05) is 43.3 Å². The third-order valence-electron chi connectivity index (χ3n) is 7.42. The average molecular weight is 560 g/mol. The van der Waals surface area contributed by atoms with E-state index in [0.29, 0.717) is 17.2 Å². The third kappa shape index (κ3) is 7.69. The van der Waals surface area contributed by atoms with Crippen LogP contribution < -0.4 is 20.1 Å². The Morgan fingerprint density at radius 3 is 2.42 bits per heavy atom. The van der Waals surface area contributed by atoms with Gasteiger partial charge in [0.2, 0.25) is 5.91 Å². The molecule has 0 bridgehead atoms. The second-order valence-corrected chi connectivity index (χ2v) is 12.9. The van der Waals surface area contributed by atoms with Gasteiger partial charge >= 0.3 is 0 Å². The average Bonchev–Trinajstić information content (AvgIpc) is 2.78. The summed E-state index contributed by atoms with van der Waals surface area (Å²) in [5.74, 6) is -0.591. The number of hydrogen-bond donors (Lipinski definition) is 3. The highest BCUT2D eigenvalue weighted by atomic mass is 19.1. The van der Waals surface area contributed by atoms with Crippen LogP contribution in [0, 0.1) is 17.0 Å². The molecule has 1 aliphatic heterocycles. The molecule has 1 spiro atoms. The van der Waals surface area contributed by atoms with E-state index in [4.69, 9.17) is 14.5 Å². The first kappa shape index (κ1) is 30.2. The van der Waals surface area contributed by atoms with Crippen molar-refractivity contribution in [1.82, 2.24) is 15.6 Å². The summed E-state index contributed by atoms with van der Waals surface area (Å²) in [6.45, 7) is 11.9. The SMILES string of the molecule is CC(=O)N[C@@H](Cc1cc(F)cc(F)c1)[C@@H](O)CN[C@@H]1CC2(CCC2)Oc2c1cc(CC(C)(C)C)nc2OC(C)C. The van der Waals surface area contributed by atoms with Crippen LogP contribution in [0.3, 0.4) is 0 Å². The van der Waals surface area contributed by atoms with Crippen LogP contribution in [0.2, 0.25) is 0 Å². The number of nitrogens with zero attached hydrogens (tertiary/aromatic N) is 1. The molecule has 1 fully saturated rings. The van der Waals surface area contributed by atoms with Crippen molar-refractivity contribution in [2.75, 3.05) is 6.54 Å². The van der Waals surface area contributed by atoms with Gasteiger partial charge in [0.15, 0.2) is 5.75 Å². The minimum Gasteiger partial charge on any atom is -0.481 e. The molecular formula is C31H43F2N3O4. The molecule has 1 saturated carbocycles. The molecule has 2 heterocycles. The van der Waals surface area contributed by atoms with E-state index in [2.05, 4.69) is 37.5 Å². The van der Waals surface area contributed by atoms with E-state index in [1.54, 1.807) is 0 Å². The molecule has 0 radical (unpaired) electrons. The van der Waals surface area contributed by atoms with Crippen LogP contribution in [0.25, 0.3) is 0 Å². The van der Waals surface area contributed by atoms with Gasteiger partial charge in [0.05, 0.1) is 18.2 Å². The zero-order valence-corrected chi connectivity index (χ0v) is 24.4. The highest BCUT2D eigenvalue weighted by Crippen LogP contribution is 2.52. The monoisotopic (exact) mass is 559 g/mol. The summed E-state index contributed by atoms with van der Waals surface area (Å²) in [4.78, 5) is 16.8. The summed E-state index contributed by atoms with van der Waals surface area (Å²) < 4.78 is 40.3. The van der Waals surface area contributed by atoms with E-state index in [-0.39, 0.29) is 42.0 Å². The van der Waals surface area contributed by atoms with Gasteiger partial charge in [-0.3, -0.25) is 4.79 Å². The second-order valence-electron chi connectivity index (χ2n) is 12.9. The van der Waals surface area contributed by atoms with Crippen molar-refractivity contribution in [1.29, 1.82) is 0 Å². The lowest BCUT2D eigenvalue weighted by molar-refractivity contribution is -0.120. The van der Waals surface area contributed by atoms with E-state index < -0.39 is 23.8 Å². The number of pyridine rings is 1. The number of aliphatic hydroxyl groups excluding tert-OH is 1. The van der Waals surface area contributed by atoms with Crippen molar-refractivity contribution in [2.45, 2.75) is 110 Å². The number of carbonyl (C=O) groups is 1. The molecule has 3 atom stereocenters. The highest BCUT2D eigenvalue weighted by Gasteiger charge is 2.47. The summed E-state index contributed by atoms with van der Waals surface area (Å²) in [7, 11) is 0. The molecular weight excluding hydrogens is 516 g/mol. The quantitative estimate of drug-likeness (QED) is 0.372. The maximum Gasteiger partial charge on any atom is 0.257 e. The fourth-order valence-electron chi connectivity index (χ4n) is 5.61. The molecule has 3 N–H and O–H groups in total. The lowest BCUT2D eigenvalue weighted by Gasteiger charge is -2.48. The van der Waals surface area contributed by atoms with Gasteiger partial charge in [-0.1, -0.05) is 20.8 Å². The Balaban J connectivity index is 1.60. The molecule has 2 aromatic rings. The molecule has 1 aromatic carbocycles. The van der Waals surface area contributed by atoms with Gasteiger partial charge < -0.3 is 25.2 Å². The first-order chi connectivity index (χ1) is 18.7. The summed E-state index contributed by atoms with van der Waals surface area (Å²) in [6.07, 6.45) is 3.41. The Hall–Kier alpha value is -2.78. The fraction of sp³-hybridized carbons (Fsp3) is 0.613. The minimum atomic E-state index is -1.01. The van der Waals surface area contributed by atoms with Crippen molar-refractivity contribution < 1.29 is 28.2 Å². The zero-order valence-electron chi connectivity index (χ0n) is 24.4. The normalized spacial score (nSPS) is 19.4. The molecule has 0 unspecified atom stereocenters. The van der Waals surface area contributed by atoms with Crippen LogP contribution in [-0.2, 0) is 17.6 Å². The second kappa shape index (κ2) is 12.0. The number of rotatable bonds is 10. The molecule has 9 heteroatoms. The van der Waals surface area contributed by atoms with Crippen LogP contribution in [0.4, 0.5) is 8.78 Å². The van der Waals surface area contributed by atoms with Crippen molar-refractivity contribution in [3.8, 4) is 11.6 Å². The van der Waals surface area contributed by atoms with Crippen molar-refractivity contribution in [3.05, 3.63) is 52.7 Å². The maximum absolute atomic E-state index is 13.8. The molecule has 2 aliphatic rings. The molecule has 7 nitrogen and oxygen atoms in total. The van der Waals surface area contributed by atoms with Crippen LogP contribution in [0.15, 0.2) is 24.3 Å². The molecule has 220 valence electrons. The molecule has 1 amide bonds. The van der Waals surface area contributed by atoms with Crippen LogP contribution >= 0.6 is 0 Å². The highest BCUT2D eigenvalue weighted by molar-refractivity contribution is 5.73. The Morgan fingerprint density at radius 1 is 1.20 bits per heavy atom. The lowest BCUT2D eigenvalue weighted by atomic mass is 9.73. The largest absolute Gasteiger partial charge is 0.481 e. The van der Waals surface area contributed by atoms with Crippen LogP contribution in [0.1, 0.15) is 90.1 Å². The smallest absolute Gasteiger partial charge is 0.257 e. The van der Waals surface area contributed by atoms with Crippen molar-refractivity contribution in [3.63, 3.8) is 0 Å². The predicted octanol–water partition coefficient (Wildman–Crippen LogP) is 5.18. The van der Waals surface area contributed by atoms with Gasteiger partial charge in [0.25, 0.3) is 5.88 Å². The Kier molecular flexibility index (Phi) is 9.05. The first-order valence-corrected chi connectivity index (χ1v) is 14.2. The molecule has 1 aliphatic carbocycles. The Bertz CT molecular complexity index is 1190. The van der Waals surface area contributed by atoms with Gasteiger partial charge in [-0.15, -0.1) is 0 Å². The number of halogens is 2. The summed E-state index contributed by atoms with van der Waals surface area (Å²) in [5.41, 5.74) is 1.91. The molecule has 1 aromatic heterocycles. The fourth-order valence-corrected chi connectivity index (χ4v) is 5.61. The van der Waals surface area contributed by atoms with E-state index in [0.717, 1.165) is 49.4 Å². The standard InChI is InChI=1S/C31H43F2N3O4/c1-18(2)39-29-28-24(14-23(36-29)15-30(4,5)6)26(16-31(40-28)8-7-9-31)34-17-27(38)25(35-19(3)37)12-20-10-21(32)13-22(33)11-20/h10-11,13-14,18,25-27,34,38H,7-9,12,15-17H2,1-6H3,(H,35,37)/t25-,26+,27-/m0/s1. The zero-order chi connectivity index (χ0) is 29.2. The molecule has 4 rings (SSSR count). The van der Waals surface area contributed by atoms with E-state index in [9.17, 15) is 18.7 Å². The number of nitrogens with one attached hydrogen (secondary N) is 2. The van der Waals surface area contributed by atoms with Gasteiger partial charge in [0.1, 0.15) is 17.2 Å². The van der Waals surface area contributed by atoms with E-state index >= 15 is 0 Å². The summed E-state index contributed by atoms with van der Waals surface area (Å²) >= 11 is 0. The third-order valence-corrected chi connectivity index (χ3v) is 7.42. The van der Waals surface area contributed by atoms with Gasteiger partial charge in [-0.25, -0.2) is 13.8 Å². The van der Waals surface area contributed by atoms with Crippen molar-refractivity contribution >= 4 is 5.91 Å². The van der Waals surface area contributed by atoms with Crippen LogP contribution in [0.5, 0.6) is 11.6 Å². The number of benzene rings is 1. The Labute approximate surface area is 236 Å². The maximum atomic E-state index is 13.8. The number of aliphatic hydroxyl groups is 1. The number of aromatic nitrogens is 1. The number of fused-ring (bicyclic) bond motifs is 1.